The fourth-order valence-electron chi connectivity index (χ4n) is 1.53. The van der Waals surface area contributed by atoms with Crippen LogP contribution in [0.5, 0.6) is 0 Å². The lowest BCUT2D eigenvalue weighted by Gasteiger charge is -2.29. The number of rotatable bonds is 3. The van der Waals surface area contributed by atoms with Crippen molar-refractivity contribution in [2.75, 3.05) is 6.61 Å². The molecule has 108 valence electrons. The van der Waals surface area contributed by atoms with Gasteiger partial charge < -0.3 is 14.2 Å². The molecule has 20 heavy (non-hydrogen) atoms. The van der Waals surface area contributed by atoms with E-state index in [0.29, 0.717) is 0 Å². The SMILES string of the molecule is CC(=O)OC[C@H]1O[C@H](C#C/C=C\Cl)C=C[C@@H]1OC(C)=O. The predicted octanol–water partition coefficient (Wildman–Crippen LogP) is 1.56. The van der Waals surface area contributed by atoms with E-state index >= 15 is 0 Å². The van der Waals surface area contributed by atoms with Gasteiger partial charge in [-0.05, 0) is 18.2 Å². The van der Waals surface area contributed by atoms with E-state index in [0.717, 1.165) is 0 Å². The van der Waals surface area contributed by atoms with E-state index in [9.17, 15) is 9.59 Å². The third kappa shape index (κ3) is 5.91. The van der Waals surface area contributed by atoms with Gasteiger partial charge in [0.25, 0.3) is 0 Å². The maximum absolute atomic E-state index is 11.0. The molecule has 3 atom stereocenters. The highest BCUT2D eigenvalue weighted by molar-refractivity contribution is 6.25. The van der Waals surface area contributed by atoms with Crippen LogP contribution in [0.15, 0.2) is 23.8 Å². The first kappa shape index (κ1) is 16.3. The molecule has 0 radical (unpaired) electrons. The van der Waals surface area contributed by atoms with Gasteiger partial charge in [-0.2, -0.15) is 0 Å². The van der Waals surface area contributed by atoms with Gasteiger partial charge >= 0.3 is 11.9 Å². The summed E-state index contributed by atoms with van der Waals surface area (Å²) in [7, 11) is 0. The molecule has 5 nitrogen and oxygen atoms in total. The van der Waals surface area contributed by atoms with Crippen LogP contribution in [0.2, 0.25) is 0 Å². The van der Waals surface area contributed by atoms with Crippen LogP contribution in [-0.2, 0) is 23.8 Å². The smallest absolute Gasteiger partial charge is 0.303 e. The van der Waals surface area contributed by atoms with Gasteiger partial charge in [-0.25, -0.2) is 0 Å². The molecule has 0 fully saturated rings. The molecular weight excluding hydrogens is 284 g/mol. The van der Waals surface area contributed by atoms with Gasteiger partial charge in [-0.3, -0.25) is 9.59 Å². The number of esters is 2. The molecule has 0 aromatic carbocycles. The van der Waals surface area contributed by atoms with Gasteiger partial charge in [0.15, 0.2) is 0 Å². The summed E-state index contributed by atoms with van der Waals surface area (Å²) in [5.41, 5.74) is 1.29. The Bertz CT molecular complexity index is 472. The molecule has 0 saturated carbocycles. The Morgan fingerprint density at radius 2 is 2.10 bits per heavy atom. The molecule has 0 aliphatic carbocycles. The first-order valence-corrected chi connectivity index (χ1v) is 6.37. The zero-order valence-electron chi connectivity index (χ0n) is 11.2. The second kappa shape index (κ2) is 8.41. The molecule has 0 aromatic heterocycles. The van der Waals surface area contributed by atoms with Crippen molar-refractivity contribution in [3.63, 3.8) is 0 Å². The molecule has 0 bridgehead atoms. The van der Waals surface area contributed by atoms with Crippen LogP contribution in [-0.4, -0.2) is 36.9 Å². The van der Waals surface area contributed by atoms with Gasteiger partial charge in [0.2, 0.25) is 0 Å². The average molecular weight is 299 g/mol. The van der Waals surface area contributed by atoms with Crippen molar-refractivity contribution < 1.29 is 23.8 Å². The van der Waals surface area contributed by atoms with Crippen molar-refractivity contribution in [3.05, 3.63) is 23.8 Å². The highest BCUT2D eigenvalue weighted by atomic mass is 35.5. The van der Waals surface area contributed by atoms with Crippen LogP contribution in [0.1, 0.15) is 13.8 Å². The zero-order chi connectivity index (χ0) is 15.0. The highest BCUT2D eigenvalue weighted by Crippen LogP contribution is 2.16. The summed E-state index contributed by atoms with van der Waals surface area (Å²) in [4.78, 5) is 21.9. The molecule has 0 aromatic rings. The van der Waals surface area contributed by atoms with Gasteiger partial charge in [-0.1, -0.05) is 23.4 Å². The van der Waals surface area contributed by atoms with Crippen molar-refractivity contribution in [2.24, 2.45) is 0 Å². The number of ether oxygens (including phenoxy) is 3. The van der Waals surface area contributed by atoms with Crippen molar-refractivity contribution in [3.8, 4) is 11.8 Å². The fourth-order valence-corrected chi connectivity index (χ4v) is 1.59. The maximum atomic E-state index is 11.0. The lowest BCUT2D eigenvalue weighted by atomic mass is 10.1. The van der Waals surface area contributed by atoms with Crippen molar-refractivity contribution in [1.82, 2.24) is 0 Å². The molecule has 6 heteroatoms. The van der Waals surface area contributed by atoms with Gasteiger partial charge in [0.05, 0.1) is 0 Å². The molecule has 0 saturated heterocycles. The average Bonchev–Trinajstić information content (AvgIpc) is 2.38. The van der Waals surface area contributed by atoms with Crippen molar-refractivity contribution in [2.45, 2.75) is 32.2 Å². The van der Waals surface area contributed by atoms with E-state index in [1.807, 2.05) is 0 Å². The number of allylic oxidation sites excluding steroid dienone is 1. The Balaban J connectivity index is 2.74. The first-order valence-electron chi connectivity index (χ1n) is 5.93. The van der Waals surface area contributed by atoms with Gasteiger partial charge in [0.1, 0.15) is 24.9 Å². The van der Waals surface area contributed by atoms with E-state index < -0.39 is 30.3 Å². The lowest BCUT2D eigenvalue weighted by Crippen LogP contribution is -2.41. The van der Waals surface area contributed by atoms with E-state index in [1.54, 1.807) is 12.2 Å². The Labute approximate surface area is 122 Å². The van der Waals surface area contributed by atoms with Crippen LogP contribution in [0.25, 0.3) is 0 Å². The zero-order valence-corrected chi connectivity index (χ0v) is 11.9. The Kier molecular flexibility index (Phi) is 6.85. The molecule has 0 unspecified atom stereocenters. The van der Waals surface area contributed by atoms with Crippen LogP contribution < -0.4 is 0 Å². The van der Waals surface area contributed by atoms with Gasteiger partial charge in [0, 0.05) is 19.4 Å². The summed E-state index contributed by atoms with van der Waals surface area (Å²) in [6.07, 6.45) is 3.14. The van der Waals surface area contributed by atoms with E-state index in [2.05, 4.69) is 11.8 Å². The number of hydrogen-bond acceptors (Lipinski definition) is 5. The minimum Gasteiger partial charge on any atom is -0.463 e. The summed E-state index contributed by atoms with van der Waals surface area (Å²) in [6, 6.07) is 0. The molecule has 1 aliphatic rings. The maximum Gasteiger partial charge on any atom is 0.303 e. The number of hydrogen-bond donors (Lipinski definition) is 0. The largest absolute Gasteiger partial charge is 0.463 e. The second-order valence-electron chi connectivity index (χ2n) is 3.94. The minimum absolute atomic E-state index is 0.0128. The minimum atomic E-state index is -0.603. The number of halogens is 1. The fraction of sp³-hybridized carbons (Fsp3) is 0.429. The molecule has 0 amide bonds. The third-order valence-corrected chi connectivity index (χ3v) is 2.41. The summed E-state index contributed by atoms with van der Waals surface area (Å²) < 4.78 is 15.6. The van der Waals surface area contributed by atoms with Crippen LogP contribution >= 0.6 is 11.6 Å². The molecule has 1 heterocycles. The number of carbonyl (C=O) groups excluding carboxylic acids is 2. The molecule has 0 N–H and O–H groups in total. The standard InChI is InChI=1S/C14H15ClO5/c1-10(16)18-9-14-13(19-11(2)17)7-6-12(20-14)5-3-4-8-15/h4,6-8,12-14H,9H2,1-2H3/b8-4-/t12-,13+,14-/m1/s1. The Hall–Kier alpha value is -1.77. The van der Waals surface area contributed by atoms with Gasteiger partial charge in [-0.15, -0.1) is 0 Å². The summed E-state index contributed by atoms with van der Waals surface area (Å²) in [5, 5.41) is 0. The van der Waals surface area contributed by atoms with Crippen LogP contribution in [0.3, 0.4) is 0 Å². The van der Waals surface area contributed by atoms with E-state index in [-0.39, 0.29) is 6.61 Å². The molecule has 1 aliphatic heterocycles. The molecular formula is C14H15ClO5. The monoisotopic (exact) mass is 298 g/mol. The molecule has 0 spiro atoms. The first-order chi connectivity index (χ1) is 9.52. The quantitative estimate of drug-likeness (QED) is 0.449. The topological polar surface area (TPSA) is 61.8 Å². The van der Waals surface area contributed by atoms with Crippen molar-refractivity contribution >= 4 is 23.5 Å². The van der Waals surface area contributed by atoms with Crippen LogP contribution in [0, 0.1) is 11.8 Å². The second-order valence-corrected chi connectivity index (χ2v) is 4.19. The summed E-state index contributed by atoms with van der Waals surface area (Å²) in [5.74, 6) is 4.62. The van der Waals surface area contributed by atoms with E-state index in [4.69, 9.17) is 25.8 Å². The third-order valence-electron chi connectivity index (χ3n) is 2.29. The normalized spacial score (nSPS) is 24.9. The number of carbonyl (C=O) groups is 2. The molecule has 1 rings (SSSR count). The van der Waals surface area contributed by atoms with Crippen molar-refractivity contribution in [1.29, 1.82) is 0 Å². The summed E-state index contributed by atoms with van der Waals surface area (Å²) >= 11 is 5.36. The summed E-state index contributed by atoms with van der Waals surface area (Å²) in [6.45, 7) is 2.58. The lowest BCUT2D eigenvalue weighted by molar-refractivity contribution is -0.161. The Morgan fingerprint density at radius 1 is 1.35 bits per heavy atom. The van der Waals surface area contributed by atoms with Crippen LogP contribution in [0.4, 0.5) is 0 Å². The highest BCUT2D eigenvalue weighted by Gasteiger charge is 2.29. The Morgan fingerprint density at radius 3 is 2.70 bits per heavy atom. The predicted molar refractivity (Wildman–Crippen MR) is 72.8 cm³/mol. The van der Waals surface area contributed by atoms with E-state index in [1.165, 1.54) is 25.5 Å².